The summed E-state index contributed by atoms with van der Waals surface area (Å²) in [5.74, 6) is 0. The Hall–Kier alpha value is -0.820. The zero-order chi connectivity index (χ0) is 9.10. The van der Waals surface area contributed by atoms with E-state index in [2.05, 4.69) is 31.2 Å². The number of fused-ring (bicyclic) bond motifs is 1. The normalized spacial score (nSPS) is 20.2. The lowest BCUT2D eigenvalue weighted by Crippen LogP contribution is -1.94. The van der Waals surface area contributed by atoms with Gasteiger partial charge in [-0.05, 0) is 17.5 Å². The fourth-order valence-corrected chi connectivity index (χ4v) is 1.89. The Morgan fingerprint density at radius 2 is 2.23 bits per heavy atom. The van der Waals surface area contributed by atoms with E-state index in [0.717, 1.165) is 6.61 Å². The van der Waals surface area contributed by atoms with Crippen molar-refractivity contribution >= 4 is 0 Å². The third kappa shape index (κ3) is 1.75. The van der Waals surface area contributed by atoms with Crippen LogP contribution in [0.15, 0.2) is 24.3 Å². The second-order valence-electron chi connectivity index (χ2n) is 3.64. The molecular weight excluding hydrogens is 160 g/mol. The van der Waals surface area contributed by atoms with Gasteiger partial charge in [0.05, 0.1) is 12.7 Å². The van der Waals surface area contributed by atoms with E-state index < -0.39 is 0 Å². The summed E-state index contributed by atoms with van der Waals surface area (Å²) in [4.78, 5) is 0. The van der Waals surface area contributed by atoms with Crippen LogP contribution < -0.4 is 0 Å². The monoisotopic (exact) mass is 176 g/mol. The molecule has 1 aliphatic rings. The fourth-order valence-electron chi connectivity index (χ4n) is 1.89. The highest BCUT2D eigenvalue weighted by Crippen LogP contribution is 2.33. The third-order valence-electron chi connectivity index (χ3n) is 2.66. The molecule has 1 aromatic rings. The molecule has 0 fully saturated rings. The molecule has 1 heteroatoms. The van der Waals surface area contributed by atoms with Gasteiger partial charge in [0.15, 0.2) is 0 Å². The first kappa shape index (κ1) is 8.76. The molecule has 0 radical (unpaired) electrons. The van der Waals surface area contributed by atoms with Crippen LogP contribution in [0.3, 0.4) is 0 Å². The van der Waals surface area contributed by atoms with Crippen molar-refractivity contribution in [3.63, 3.8) is 0 Å². The van der Waals surface area contributed by atoms with Gasteiger partial charge in [0.2, 0.25) is 0 Å². The molecule has 13 heavy (non-hydrogen) atoms. The Labute approximate surface area is 79.7 Å². The molecule has 0 spiro atoms. The van der Waals surface area contributed by atoms with Gasteiger partial charge in [-0.1, -0.05) is 44.0 Å². The lowest BCUT2D eigenvalue weighted by molar-refractivity contribution is 0.0586. The molecule has 0 saturated heterocycles. The highest BCUT2D eigenvalue weighted by atomic mass is 16.5. The molecule has 0 aliphatic carbocycles. The minimum absolute atomic E-state index is 0.371. The predicted octanol–water partition coefficient (Wildman–Crippen LogP) is 3.45. The Morgan fingerprint density at radius 1 is 1.38 bits per heavy atom. The second-order valence-corrected chi connectivity index (χ2v) is 3.64. The van der Waals surface area contributed by atoms with Crippen molar-refractivity contribution in [2.24, 2.45) is 0 Å². The third-order valence-corrected chi connectivity index (χ3v) is 2.66. The van der Waals surface area contributed by atoms with Crippen LogP contribution in [0.5, 0.6) is 0 Å². The van der Waals surface area contributed by atoms with E-state index in [9.17, 15) is 0 Å². The minimum atomic E-state index is 0.371. The first-order valence-electron chi connectivity index (χ1n) is 5.11. The maximum absolute atomic E-state index is 5.73. The smallest absolute Gasteiger partial charge is 0.0833 e. The van der Waals surface area contributed by atoms with Crippen molar-refractivity contribution in [1.29, 1.82) is 0 Å². The van der Waals surface area contributed by atoms with E-state index >= 15 is 0 Å². The molecule has 0 N–H and O–H groups in total. The van der Waals surface area contributed by atoms with Crippen molar-refractivity contribution in [3.05, 3.63) is 35.4 Å². The second kappa shape index (κ2) is 3.93. The number of benzene rings is 1. The Kier molecular flexibility index (Phi) is 2.65. The standard InChI is InChI=1S/C12H16O/c1-2-3-8-12-11-7-5-4-6-10(11)9-13-12/h4-7,12H,2-3,8-9H2,1H3/t12-/m1/s1. The van der Waals surface area contributed by atoms with Crippen molar-refractivity contribution in [1.82, 2.24) is 0 Å². The predicted molar refractivity (Wildman–Crippen MR) is 53.5 cm³/mol. The van der Waals surface area contributed by atoms with Crippen LogP contribution in [0.25, 0.3) is 0 Å². The van der Waals surface area contributed by atoms with Gasteiger partial charge >= 0.3 is 0 Å². The largest absolute Gasteiger partial charge is 0.369 e. The fraction of sp³-hybridized carbons (Fsp3) is 0.500. The van der Waals surface area contributed by atoms with Gasteiger partial charge in [0.25, 0.3) is 0 Å². The van der Waals surface area contributed by atoms with E-state index in [1.165, 1.54) is 30.4 Å². The summed E-state index contributed by atoms with van der Waals surface area (Å²) >= 11 is 0. The van der Waals surface area contributed by atoms with E-state index in [1.54, 1.807) is 0 Å². The van der Waals surface area contributed by atoms with E-state index in [4.69, 9.17) is 4.74 Å². The lowest BCUT2D eigenvalue weighted by Gasteiger charge is -2.09. The molecule has 0 amide bonds. The lowest BCUT2D eigenvalue weighted by atomic mass is 10.0. The quantitative estimate of drug-likeness (QED) is 0.685. The summed E-state index contributed by atoms with van der Waals surface area (Å²) in [5, 5.41) is 0. The molecule has 2 rings (SSSR count). The maximum Gasteiger partial charge on any atom is 0.0833 e. The summed E-state index contributed by atoms with van der Waals surface area (Å²) in [7, 11) is 0. The average molecular weight is 176 g/mol. The van der Waals surface area contributed by atoms with E-state index in [-0.39, 0.29) is 0 Å². The van der Waals surface area contributed by atoms with Crippen molar-refractivity contribution < 1.29 is 4.74 Å². The molecule has 70 valence electrons. The SMILES string of the molecule is CCCC[C@H]1OCc2ccccc21. The van der Waals surface area contributed by atoms with Gasteiger partial charge in [0, 0.05) is 0 Å². The molecule has 1 aromatic carbocycles. The summed E-state index contributed by atoms with van der Waals surface area (Å²) in [5.41, 5.74) is 2.79. The molecule has 1 atom stereocenters. The summed E-state index contributed by atoms with van der Waals surface area (Å²) < 4.78 is 5.73. The highest BCUT2D eigenvalue weighted by Gasteiger charge is 2.21. The van der Waals surface area contributed by atoms with Gasteiger partial charge in [0.1, 0.15) is 0 Å². The van der Waals surface area contributed by atoms with Crippen LogP contribution in [-0.2, 0) is 11.3 Å². The number of unbranched alkanes of at least 4 members (excludes halogenated alkanes) is 1. The topological polar surface area (TPSA) is 9.23 Å². The zero-order valence-electron chi connectivity index (χ0n) is 8.12. The first-order valence-corrected chi connectivity index (χ1v) is 5.11. The van der Waals surface area contributed by atoms with Crippen LogP contribution in [0.1, 0.15) is 43.4 Å². The first-order chi connectivity index (χ1) is 6.42. The molecule has 0 aromatic heterocycles. The number of ether oxygens (including phenoxy) is 1. The Bertz CT molecular complexity index is 280. The summed E-state index contributed by atoms with van der Waals surface area (Å²) in [6.07, 6.45) is 4.06. The minimum Gasteiger partial charge on any atom is -0.369 e. The van der Waals surface area contributed by atoms with Crippen LogP contribution in [0.2, 0.25) is 0 Å². The van der Waals surface area contributed by atoms with Crippen LogP contribution in [0, 0.1) is 0 Å². The molecular formula is C12H16O. The van der Waals surface area contributed by atoms with Crippen LogP contribution in [0.4, 0.5) is 0 Å². The number of hydrogen-bond donors (Lipinski definition) is 0. The Morgan fingerprint density at radius 3 is 3.08 bits per heavy atom. The van der Waals surface area contributed by atoms with Gasteiger partial charge in [-0.15, -0.1) is 0 Å². The molecule has 0 saturated carbocycles. The van der Waals surface area contributed by atoms with Gasteiger partial charge in [-0.25, -0.2) is 0 Å². The van der Waals surface area contributed by atoms with E-state index in [0.29, 0.717) is 6.10 Å². The zero-order valence-corrected chi connectivity index (χ0v) is 8.12. The molecule has 1 nitrogen and oxygen atoms in total. The van der Waals surface area contributed by atoms with Crippen molar-refractivity contribution in [2.45, 2.75) is 38.9 Å². The summed E-state index contributed by atoms with van der Waals surface area (Å²) in [6, 6.07) is 8.56. The molecule has 0 unspecified atom stereocenters. The van der Waals surface area contributed by atoms with Gasteiger partial charge in [-0.3, -0.25) is 0 Å². The number of hydrogen-bond acceptors (Lipinski definition) is 1. The average Bonchev–Trinajstić information content (AvgIpc) is 2.58. The highest BCUT2D eigenvalue weighted by molar-refractivity contribution is 5.31. The van der Waals surface area contributed by atoms with Crippen molar-refractivity contribution in [3.8, 4) is 0 Å². The van der Waals surface area contributed by atoms with E-state index in [1.807, 2.05) is 0 Å². The molecule has 1 heterocycles. The van der Waals surface area contributed by atoms with Crippen LogP contribution >= 0.6 is 0 Å². The van der Waals surface area contributed by atoms with Crippen molar-refractivity contribution in [2.75, 3.05) is 0 Å². The Balaban J connectivity index is 2.09. The molecule has 1 aliphatic heterocycles. The number of rotatable bonds is 3. The summed E-state index contributed by atoms with van der Waals surface area (Å²) in [6.45, 7) is 3.03. The van der Waals surface area contributed by atoms with Crippen LogP contribution in [-0.4, -0.2) is 0 Å². The van der Waals surface area contributed by atoms with Gasteiger partial charge in [-0.2, -0.15) is 0 Å². The molecule has 0 bridgehead atoms. The van der Waals surface area contributed by atoms with Gasteiger partial charge < -0.3 is 4.74 Å². The maximum atomic E-state index is 5.73.